The van der Waals surface area contributed by atoms with E-state index in [-0.39, 0.29) is 23.0 Å². The Morgan fingerprint density at radius 1 is 1.29 bits per heavy atom. The SMILES string of the molecule is O=C1NC(=O)C(Cc2ccc(OC[C@H](O)C3=CC=CCC3)cc2)S1. The van der Waals surface area contributed by atoms with Crippen LogP contribution in [0.3, 0.4) is 0 Å². The number of imide groups is 1. The first-order chi connectivity index (χ1) is 11.6. The van der Waals surface area contributed by atoms with E-state index in [4.69, 9.17) is 4.74 Å². The number of aliphatic hydroxyl groups is 1. The zero-order chi connectivity index (χ0) is 16.9. The molecule has 2 aliphatic rings. The van der Waals surface area contributed by atoms with Crippen LogP contribution in [0.15, 0.2) is 48.1 Å². The molecule has 0 radical (unpaired) electrons. The van der Waals surface area contributed by atoms with Gasteiger partial charge in [0.1, 0.15) is 18.5 Å². The van der Waals surface area contributed by atoms with Crippen LogP contribution in [-0.4, -0.2) is 34.2 Å². The van der Waals surface area contributed by atoms with Crippen LogP contribution in [-0.2, 0) is 11.2 Å². The molecule has 1 fully saturated rings. The third kappa shape index (κ3) is 4.27. The van der Waals surface area contributed by atoms with Gasteiger partial charge in [-0.2, -0.15) is 0 Å². The summed E-state index contributed by atoms with van der Waals surface area (Å²) in [7, 11) is 0. The van der Waals surface area contributed by atoms with Gasteiger partial charge in [-0.15, -0.1) is 0 Å². The molecule has 0 bridgehead atoms. The van der Waals surface area contributed by atoms with E-state index < -0.39 is 6.10 Å². The van der Waals surface area contributed by atoms with Gasteiger partial charge in [0.05, 0.1) is 5.25 Å². The Balaban J connectivity index is 1.51. The number of carbonyl (C=O) groups excluding carboxylic acids is 2. The van der Waals surface area contributed by atoms with E-state index in [1.165, 1.54) is 0 Å². The topological polar surface area (TPSA) is 75.6 Å². The molecule has 1 heterocycles. The highest BCUT2D eigenvalue weighted by Gasteiger charge is 2.31. The maximum atomic E-state index is 11.6. The molecule has 1 aliphatic carbocycles. The smallest absolute Gasteiger partial charge is 0.286 e. The molecule has 1 saturated heterocycles. The number of aliphatic hydroxyl groups excluding tert-OH is 1. The molecule has 1 unspecified atom stereocenters. The number of allylic oxidation sites excluding steroid dienone is 3. The minimum Gasteiger partial charge on any atom is -0.491 e. The number of hydrogen-bond donors (Lipinski definition) is 2. The fourth-order valence-electron chi connectivity index (χ4n) is 2.64. The Bertz CT molecular complexity index is 681. The van der Waals surface area contributed by atoms with Crippen molar-refractivity contribution in [3.8, 4) is 5.75 Å². The van der Waals surface area contributed by atoms with Crippen molar-refractivity contribution in [3.63, 3.8) is 0 Å². The minimum absolute atomic E-state index is 0.217. The molecule has 2 amide bonds. The van der Waals surface area contributed by atoms with E-state index in [9.17, 15) is 14.7 Å². The van der Waals surface area contributed by atoms with Crippen LogP contribution in [0.5, 0.6) is 5.75 Å². The molecule has 24 heavy (non-hydrogen) atoms. The Hall–Kier alpha value is -2.05. The molecule has 2 atom stereocenters. The fraction of sp³-hybridized carbons (Fsp3) is 0.333. The van der Waals surface area contributed by atoms with Crippen LogP contribution in [0.25, 0.3) is 0 Å². The monoisotopic (exact) mass is 345 g/mol. The normalized spacial score (nSPS) is 21.4. The Morgan fingerprint density at radius 3 is 2.71 bits per heavy atom. The van der Waals surface area contributed by atoms with Gasteiger partial charge in [-0.3, -0.25) is 14.9 Å². The molecule has 2 N–H and O–H groups in total. The maximum absolute atomic E-state index is 11.6. The van der Waals surface area contributed by atoms with Crippen molar-refractivity contribution >= 4 is 22.9 Å². The van der Waals surface area contributed by atoms with Crippen LogP contribution >= 0.6 is 11.8 Å². The molecule has 126 valence electrons. The average molecular weight is 345 g/mol. The number of nitrogens with one attached hydrogen (secondary N) is 1. The summed E-state index contributed by atoms with van der Waals surface area (Å²) < 4.78 is 5.63. The summed E-state index contributed by atoms with van der Waals surface area (Å²) in [4.78, 5) is 22.7. The fourth-order valence-corrected chi connectivity index (χ4v) is 3.50. The van der Waals surface area contributed by atoms with E-state index in [0.29, 0.717) is 12.2 Å². The molecule has 0 spiro atoms. The lowest BCUT2D eigenvalue weighted by Crippen LogP contribution is -2.25. The number of rotatable bonds is 6. The second-order valence-electron chi connectivity index (χ2n) is 5.77. The summed E-state index contributed by atoms with van der Waals surface area (Å²) >= 11 is 1.03. The molecule has 1 aliphatic heterocycles. The molecule has 6 heteroatoms. The third-order valence-electron chi connectivity index (χ3n) is 3.99. The lowest BCUT2D eigenvalue weighted by molar-refractivity contribution is -0.118. The summed E-state index contributed by atoms with van der Waals surface area (Å²) in [6.07, 6.45) is 7.69. The predicted molar refractivity (Wildman–Crippen MR) is 93.0 cm³/mol. The van der Waals surface area contributed by atoms with Crippen LogP contribution in [0.1, 0.15) is 18.4 Å². The second kappa shape index (κ2) is 7.68. The van der Waals surface area contributed by atoms with Gasteiger partial charge in [0, 0.05) is 0 Å². The molecule has 5 nitrogen and oxygen atoms in total. The van der Waals surface area contributed by atoms with E-state index in [1.54, 1.807) is 0 Å². The summed E-state index contributed by atoms with van der Waals surface area (Å²) in [5.74, 6) is 0.438. The van der Waals surface area contributed by atoms with Gasteiger partial charge in [0.25, 0.3) is 5.24 Å². The zero-order valence-electron chi connectivity index (χ0n) is 13.1. The van der Waals surface area contributed by atoms with Crippen molar-refractivity contribution < 1.29 is 19.4 Å². The second-order valence-corrected chi connectivity index (χ2v) is 6.94. The number of thioether (sulfide) groups is 1. The maximum Gasteiger partial charge on any atom is 0.286 e. The van der Waals surface area contributed by atoms with Crippen molar-refractivity contribution in [2.45, 2.75) is 30.6 Å². The molecule has 0 saturated carbocycles. The highest BCUT2D eigenvalue weighted by atomic mass is 32.2. The molecular formula is C18H19NO4S. The zero-order valence-corrected chi connectivity index (χ0v) is 13.9. The third-order valence-corrected chi connectivity index (χ3v) is 4.97. The first kappa shape index (κ1) is 16.8. The van der Waals surface area contributed by atoms with Gasteiger partial charge in [0.2, 0.25) is 5.91 Å². The first-order valence-corrected chi connectivity index (χ1v) is 8.76. The van der Waals surface area contributed by atoms with Crippen LogP contribution in [0.2, 0.25) is 0 Å². The Morgan fingerprint density at radius 2 is 2.08 bits per heavy atom. The largest absolute Gasteiger partial charge is 0.491 e. The molecule has 3 rings (SSSR count). The lowest BCUT2D eigenvalue weighted by Gasteiger charge is -2.17. The van der Waals surface area contributed by atoms with Crippen molar-refractivity contribution in [1.82, 2.24) is 5.32 Å². The van der Waals surface area contributed by atoms with E-state index in [0.717, 1.165) is 35.7 Å². The van der Waals surface area contributed by atoms with Crippen molar-refractivity contribution in [3.05, 3.63) is 53.6 Å². The van der Waals surface area contributed by atoms with Crippen molar-refractivity contribution in [1.29, 1.82) is 0 Å². The number of ether oxygens (including phenoxy) is 1. The summed E-state index contributed by atoms with van der Waals surface area (Å²) in [5.41, 5.74) is 1.95. The van der Waals surface area contributed by atoms with Crippen LogP contribution in [0.4, 0.5) is 4.79 Å². The van der Waals surface area contributed by atoms with Gasteiger partial charge in [-0.25, -0.2) is 0 Å². The molecular weight excluding hydrogens is 326 g/mol. The average Bonchev–Trinajstić information content (AvgIpc) is 2.92. The first-order valence-electron chi connectivity index (χ1n) is 7.88. The van der Waals surface area contributed by atoms with Gasteiger partial charge in [-0.05, 0) is 42.5 Å². The lowest BCUT2D eigenvalue weighted by atomic mass is 10.0. The quantitative estimate of drug-likeness (QED) is 0.829. The standard InChI is InChI=1S/C18H19NO4S/c20-15(13-4-2-1-3-5-13)11-23-14-8-6-12(7-9-14)10-16-17(21)19-18(22)24-16/h1-2,4,6-9,15-16,20H,3,5,10-11H2,(H,19,21,22)/t15-,16?/m0/s1. The number of benzene rings is 1. The van der Waals surface area contributed by atoms with Crippen molar-refractivity contribution in [2.75, 3.05) is 6.61 Å². The van der Waals surface area contributed by atoms with E-state index in [2.05, 4.69) is 11.4 Å². The van der Waals surface area contributed by atoms with Gasteiger partial charge < -0.3 is 9.84 Å². The highest BCUT2D eigenvalue weighted by molar-refractivity contribution is 8.15. The molecule has 0 aromatic heterocycles. The summed E-state index contributed by atoms with van der Waals surface area (Å²) in [6.45, 7) is 0.217. The number of carbonyl (C=O) groups is 2. The van der Waals surface area contributed by atoms with Gasteiger partial charge in [-0.1, -0.05) is 42.1 Å². The van der Waals surface area contributed by atoms with Crippen molar-refractivity contribution in [2.24, 2.45) is 0 Å². The number of amides is 2. The van der Waals surface area contributed by atoms with Crippen LogP contribution in [0, 0.1) is 0 Å². The summed E-state index contributed by atoms with van der Waals surface area (Å²) in [5, 5.41) is 11.8. The molecule has 1 aromatic rings. The van der Waals surface area contributed by atoms with E-state index >= 15 is 0 Å². The number of hydrogen-bond acceptors (Lipinski definition) is 5. The van der Waals surface area contributed by atoms with Crippen LogP contribution < -0.4 is 10.1 Å². The Kier molecular flexibility index (Phi) is 5.37. The minimum atomic E-state index is -0.598. The predicted octanol–water partition coefficient (Wildman–Crippen LogP) is 2.60. The van der Waals surface area contributed by atoms with E-state index in [1.807, 2.05) is 36.4 Å². The summed E-state index contributed by atoms with van der Waals surface area (Å²) in [6, 6.07) is 7.38. The Labute approximate surface area is 144 Å². The molecule has 1 aromatic carbocycles. The van der Waals surface area contributed by atoms with Gasteiger partial charge in [0.15, 0.2) is 0 Å². The van der Waals surface area contributed by atoms with Gasteiger partial charge >= 0.3 is 0 Å². The highest BCUT2D eigenvalue weighted by Crippen LogP contribution is 2.24.